The van der Waals surface area contributed by atoms with Crippen LogP contribution in [0.5, 0.6) is 0 Å². The highest BCUT2D eigenvalue weighted by atomic mass is 19.4. The normalized spacial score (nSPS) is 41.1. The highest BCUT2D eigenvalue weighted by Crippen LogP contribution is 2.52. The van der Waals surface area contributed by atoms with Crippen molar-refractivity contribution in [2.24, 2.45) is 5.92 Å². The molecule has 0 aromatic rings. The van der Waals surface area contributed by atoms with E-state index in [1.807, 2.05) is 0 Å². The summed E-state index contributed by atoms with van der Waals surface area (Å²) in [6, 6.07) is 0. The SMILES string of the molecule is CCC1CCC(F)C1(F)C(F)(F)F. The predicted octanol–water partition coefficient (Wildman–Crippen LogP) is 3.42. The van der Waals surface area contributed by atoms with Gasteiger partial charge in [-0.25, -0.2) is 8.78 Å². The summed E-state index contributed by atoms with van der Waals surface area (Å²) in [4.78, 5) is 0. The molecule has 1 saturated carbocycles. The average Bonchev–Trinajstić information content (AvgIpc) is 2.29. The average molecular weight is 202 g/mol. The summed E-state index contributed by atoms with van der Waals surface area (Å²) < 4.78 is 62.8. The van der Waals surface area contributed by atoms with Gasteiger partial charge in [-0.05, 0) is 19.3 Å². The maximum atomic E-state index is 13.4. The molecule has 0 aromatic heterocycles. The van der Waals surface area contributed by atoms with E-state index >= 15 is 0 Å². The largest absolute Gasteiger partial charge is 0.425 e. The molecule has 0 saturated heterocycles. The van der Waals surface area contributed by atoms with E-state index in [4.69, 9.17) is 0 Å². The van der Waals surface area contributed by atoms with Crippen LogP contribution in [0.2, 0.25) is 0 Å². The molecule has 0 nitrogen and oxygen atoms in total. The molecule has 0 spiro atoms. The van der Waals surface area contributed by atoms with Gasteiger partial charge in [-0.1, -0.05) is 6.92 Å². The molecule has 78 valence electrons. The van der Waals surface area contributed by atoms with Crippen molar-refractivity contribution in [3.05, 3.63) is 0 Å². The summed E-state index contributed by atoms with van der Waals surface area (Å²) in [6.07, 6.45) is -7.79. The molecule has 0 amide bonds. The molecular formula is C8H11F5. The highest BCUT2D eigenvalue weighted by molar-refractivity contribution is 5.04. The summed E-state index contributed by atoms with van der Waals surface area (Å²) in [5, 5.41) is 0. The molecule has 3 unspecified atom stereocenters. The van der Waals surface area contributed by atoms with E-state index in [-0.39, 0.29) is 19.3 Å². The minimum absolute atomic E-state index is 0.0202. The highest BCUT2D eigenvalue weighted by Gasteiger charge is 2.67. The van der Waals surface area contributed by atoms with Gasteiger partial charge < -0.3 is 0 Å². The minimum Gasteiger partial charge on any atom is -0.244 e. The first kappa shape index (κ1) is 10.7. The Hall–Kier alpha value is -0.350. The number of hydrogen-bond acceptors (Lipinski definition) is 0. The molecule has 0 heterocycles. The molecule has 0 aromatic carbocycles. The van der Waals surface area contributed by atoms with Crippen LogP contribution in [0.3, 0.4) is 0 Å². The molecule has 0 N–H and O–H groups in total. The van der Waals surface area contributed by atoms with E-state index in [0.29, 0.717) is 0 Å². The molecule has 1 rings (SSSR count). The maximum Gasteiger partial charge on any atom is 0.425 e. The van der Waals surface area contributed by atoms with Crippen molar-refractivity contribution in [3.8, 4) is 0 Å². The lowest BCUT2D eigenvalue weighted by Gasteiger charge is -2.30. The second-order valence-corrected chi connectivity index (χ2v) is 3.42. The Labute approximate surface area is 73.1 Å². The zero-order valence-electron chi connectivity index (χ0n) is 7.17. The van der Waals surface area contributed by atoms with Gasteiger partial charge in [-0.15, -0.1) is 0 Å². The van der Waals surface area contributed by atoms with Crippen molar-refractivity contribution >= 4 is 0 Å². The van der Waals surface area contributed by atoms with Crippen LogP contribution in [0, 0.1) is 5.92 Å². The number of alkyl halides is 5. The van der Waals surface area contributed by atoms with Gasteiger partial charge in [0.25, 0.3) is 0 Å². The van der Waals surface area contributed by atoms with Gasteiger partial charge in [0, 0.05) is 5.92 Å². The molecule has 1 aliphatic rings. The molecule has 0 radical (unpaired) electrons. The summed E-state index contributed by atoms with van der Waals surface area (Å²) in [7, 11) is 0. The molecule has 13 heavy (non-hydrogen) atoms. The third-order valence-electron chi connectivity index (χ3n) is 2.75. The first-order chi connectivity index (χ1) is 5.84. The van der Waals surface area contributed by atoms with E-state index in [1.165, 1.54) is 6.92 Å². The van der Waals surface area contributed by atoms with Crippen LogP contribution in [-0.4, -0.2) is 18.0 Å². The topological polar surface area (TPSA) is 0 Å². The lowest BCUT2D eigenvalue weighted by molar-refractivity contribution is -0.257. The van der Waals surface area contributed by atoms with E-state index < -0.39 is 23.9 Å². The Balaban J connectivity index is 2.95. The fourth-order valence-electron chi connectivity index (χ4n) is 1.93. The molecule has 0 bridgehead atoms. The molecular weight excluding hydrogens is 191 g/mol. The third kappa shape index (κ3) is 1.42. The fraction of sp³-hybridized carbons (Fsp3) is 1.00. The Morgan fingerprint density at radius 3 is 2.15 bits per heavy atom. The van der Waals surface area contributed by atoms with Gasteiger partial charge in [-0.3, -0.25) is 0 Å². The number of hydrogen-bond donors (Lipinski definition) is 0. The van der Waals surface area contributed by atoms with Crippen molar-refractivity contribution in [2.45, 2.75) is 44.2 Å². The van der Waals surface area contributed by atoms with Crippen LogP contribution in [0.1, 0.15) is 26.2 Å². The third-order valence-corrected chi connectivity index (χ3v) is 2.75. The standard InChI is InChI=1S/C8H11F5/c1-2-5-3-4-6(9)7(5,10)8(11,12)13/h5-6H,2-4H2,1H3. The predicted molar refractivity (Wildman–Crippen MR) is 37.8 cm³/mol. The van der Waals surface area contributed by atoms with Crippen molar-refractivity contribution < 1.29 is 22.0 Å². The van der Waals surface area contributed by atoms with Crippen molar-refractivity contribution in [1.82, 2.24) is 0 Å². The first-order valence-electron chi connectivity index (χ1n) is 4.23. The Morgan fingerprint density at radius 1 is 1.31 bits per heavy atom. The van der Waals surface area contributed by atoms with Crippen molar-refractivity contribution in [2.75, 3.05) is 0 Å². The smallest absolute Gasteiger partial charge is 0.244 e. The van der Waals surface area contributed by atoms with Gasteiger partial charge in [-0.2, -0.15) is 13.2 Å². The fourth-order valence-corrected chi connectivity index (χ4v) is 1.93. The van der Waals surface area contributed by atoms with Gasteiger partial charge in [0.05, 0.1) is 0 Å². The van der Waals surface area contributed by atoms with Crippen molar-refractivity contribution in [3.63, 3.8) is 0 Å². The van der Waals surface area contributed by atoms with E-state index in [2.05, 4.69) is 0 Å². The van der Waals surface area contributed by atoms with Crippen LogP contribution in [-0.2, 0) is 0 Å². The van der Waals surface area contributed by atoms with Gasteiger partial charge in [0.2, 0.25) is 5.67 Å². The van der Waals surface area contributed by atoms with Gasteiger partial charge in [0.1, 0.15) is 6.17 Å². The second-order valence-electron chi connectivity index (χ2n) is 3.42. The summed E-state index contributed by atoms with van der Waals surface area (Å²) in [5.41, 5.74) is -3.61. The van der Waals surface area contributed by atoms with Crippen LogP contribution in [0.15, 0.2) is 0 Å². The van der Waals surface area contributed by atoms with Gasteiger partial charge in [0.15, 0.2) is 0 Å². The Kier molecular flexibility index (Phi) is 2.56. The molecule has 1 aliphatic carbocycles. The Bertz CT molecular complexity index is 187. The molecule has 1 fully saturated rings. The summed E-state index contributed by atoms with van der Waals surface area (Å²) in [6.45, 7) is 1.45. The van der Waals surface area contributed by atoms with E-state index in [1.54, 1.807) is 0 Å². The minimum atomic E-state index is -5.08. The second kappa shape index (κ2) is 3.10. The van der Waals surface area contributed by atoms with E-state index in [9.17, 15) is 22.0 Å². The number of halogens is 5. The molecule has 0 aliphatic heterocycles. The van der Waals surface area contributed by atoms with Crippen molar-refractivity contribution in [1.29, 1.82) is 0 Å². The Morgan fingerprint density at radius 2 is 1.85 bits per heavy atom. The molecule has 3 atom stereocenters. The zero-order valence-corrected chi connectivity index (χ0v) is 7.17. The van der Waals surface area contributed by atoms with Gasteiger partial charge >= 0.3 is 6.18 Å². The summed E-state index contributed by atoms with van der Waals surface area (Å²) >= 11 is 0. The lowest BCUT2D eigenvalue weighted by atomic mass is 9.89. The molecule has 5 heteroatoms. The lowest BCUT2D eigenvalue weighted by Crippen LogP contribution is -2.50. The van der Waals surface area contributed by atoms with Crippen LogP contribution < -0.4 is 0 Å². The monoisotopic (exact) mass is 202 g/mol. The quantitative estimate of drug-likeness (QED) is 0.571. The number of rotatable bonds is 1. The van der Waals surface area contributed by atoms with Crippen LogP contribution in [0.25, 0.3) is 0 Å². The summed E-state index contributed by atoms with van der Waals surface area (Å²) in [5.74, 6) is -1.22. The zero-order chi connectivity index (χ0) is 10.3. The maximum absolute atomic E-state index is 13.4. The van der Waals surface area contributed by atoms with E-state index in [0.717, 1.165) is 0 Å². The first-order valence-corrected chi connectivity index (χ1v) is 4.23. The van der Waals surface area contributed by atoms with Crippen LogP contribution in [0.4, 0.5) is 22.0 Å². The van der Waals surface area contributed by atoms with Crippen LogP contribution >= 0.6 is 0 Å².